The molecule has 2 aliphatic rings. The zero-order chi connectivity index (χ0) is 79.0. The van der Waals surface area contributed by atoms with Gasteiger partial charge in [-0.2, -0.15) is 0 Å². The number of benzene rings is 14. The lowest BCUT2D eigenvalue weighted by Crippen LogP contribution is -1.94. The van der Waals surface area contributed by atoms with Crippen molar-refractivity contribution in [2.24, 2.45) is 0 Å². The predicted octanol–water partition coefficient (Wildman–Crippen LogP) is 29.3. The third kappa shape index (κ3) is 15.0. The van der Waals surface area contributed by atoms with Crippen molar-refractivity contribution in [1.82, 2.24) is 37.3 Å². The minimum absolute atomic E-state index is 0. The molecule has 12 heteroatoms. The minimum atomic E-state index is 0. The SMILES string of the molecule is Brc1ccc(-c2nc3ccccn3c2-c2ccccc2)cc1.F.Ic1ccc2c(c1)c1cc(I)ccc1n2-c1ccc(-c2nc3ccccn3c2-c2ccccc2)cc1.[CH3-].c1ccc(-c2c(-c3ccc(-n4c5ccccc5c5ccccc54)cc3)nc3ccccn23)cc1.c1ccc2c(c1)Cc1ccccc1-2.c1ccc2c(c1)Cc1ccccc1-2. The first kappa shape index (κ1) is 77.8. The smallest absolute Gasteiger partial charge is 0.137 e. The van der Waals surface area contributed by atoms with E-state index < -0.39 is 0 Å². The molecule has 0 bridgehead atoms. The van der Waals surface area contributed by atoms with E-state index in [1.54, 1.807) is 0 Å². The molecule has 2 aliphatic carbocycles. The lowest BCUT2D eigenvalue weighted by molar-refractivity contribution is 1.11. The van der Waals surface area contributed by atoms with Gasteiger partial charge in [0.25, 0.3) is 0 Å². The van der Waals surface area contributed by atoms with Gasteiger partial charge in [0.15, 0.2) is 0 Å². The molecule has 14 aromatic carbocycles. The number of halogens is 4. The standard InChI is InChI=1S/C31H19I2N3.C31H21N3.C19H13BrN2.2C13H10.CH3.FH/c32-22-11-15-27-25(18-22)26-19-23(33)12-16-28(26)36(27)24-13-9-20(10-14-24)30-31(21-6-2-1-3-7-21)35-17-5-4-8-29(35)34-30;1-2-10-23(11-3-1)31-30(32-29-16-8-9-21-33(29)31)22-17-19-24(20-18-22)34-27-14-6-4-12-25(27)26-13-5-7-15-28(26)34;20-16-11-9-14(10-12-16)18-19(15-6-2-1-3-7-15)22-13-5-4-8-17(22)21-18;2*1-3-7-12-10(5-1)9-11-6-2-4-8-13(11)12;;/h1-19H;1-21H;1-13H;2*1-8H,9H2;1H3;1H/q;;;;;-1;. The van der Waals surface area contributed by atoms with Crippen LogP contribution in [0.15, 0.2) is 423 Å². The molecule has 0 radical (unpaired) electrons. The lowest BCUT2D eigenvalue weighted by atomic mass is 10.0. The number of pyridine rings is 3. The van der Waals surface area contributed by atoms with Gasteiger partial charge in [0.05, 0.1) is 56.2 Å². The van der Waals surface area contributed by atoms with E-state index in [-0.39, 0.29) is 12.1 Å². The van der Waals surface area contributed by atoms with Crippen molar-refractivity contribution in [3.05, 3.63) is 460 Å². The quantitative estimate of drug-likeness (QED) is 0.112. The second-order valence-corrected chi connectivity index (χ2v) is 32.8. The molecule has 0 unspecified atom stereocenters. The first-order valence-electron chi connectivity index (χ1n) is 39.5. The van der Waals surface area contributed by atoms with Crippen LogP contribution in [-0.2, 0) is 12.8 Å². The van der Waals surface area contributed by atoms with Gasteiger partial charge in [-0.05, 0) is 224 Å². The van der Waals surface area contributed by atoms with Crippen LogP contribution in [0.5, 0.6) is 0 Å². The lowest BCUT2D eigenvalue weighted by Gasteiger charge is -2.10. The molecule has 8 heterocycles. The van der Waals surface area contributed by atoms with Crippen LogP contribution in [0, 0.1) is 14.6 Å². The molecule has 0 aliphatic heterocycles. The number of rotatable bonds is 8. The summed E-state index contributed by atoms with van der Waals surface area (Å²) in [6, 6.07) is 141. The van der Waals surface area contributed by atoms with Gasteiger partial charge >= 0.3 is 0 Å². The van der Waals surface area contributed by atoms with Gasteiger partial charge in [0, 0.05) is 96.5 Å². The Hall–Kier alpha value is -13.4. The van der Waals surface area contributed by atoms with Crippen LogP contribution in [0.1, 0.15) is 22.3 Å². The Morgan fingerprint density at radius 1 is 0.250 bits per heavy atom. The van der Waals surface area contributed by atoms with E-state index in [2.05, 4.69) is 448 Å². The fourth-order valence-corrected chi connectivity index (χ4v) is 18.2. The maximum absolute atomic E-state index is 5.03. The van der Waals surface area contributed by atoms with E-state index in [0.717, 1.165) is 108 Å². The first-order chi connectivity index (χ1) is 58.3. The van der Waals surface area contributed by atoms with Gasteiger partial charge in [-0.1, -0.05) is 295 Å². The number of imidazole rings is 3. The molecule has 0 amide bonds. The number of hydrogen-bond acceptors (Lipinski definition) is 3. The van der Waals surface area contributed by atoms with E-state index in [4.69, 9.17) is 15.0 Å². The third-order valence-corrected chi connectivity index (χ3v) is 24.2. The van der Waals surface area contributed by atoms with Gasteiger partial charge < -0.3 is 16.6 Å². The Morgan fingerprint density at radius 3 is 0.858 bits per heavy atom. The number of para-hydroxylation sites is 2. The van der Waals surface area contributed by atoms with E-state index >= 15 is 0 Å². The molecule has 24 rings (SSSR count). The maximum atomic E-state index is 5.03. The molecule has 0 saturated carbocycles. The van der Waals surface area contributed by atoms with Crippen molar-refractivity contribution in [2.45, 2.75) is 12.8 Å². The zero-order valence-corrected chi connectivity index (χ0v) is 71.3. The van der Waals surface area contributed by atoms with Crippen LogP contribution in [0.3, 0.4) is 0 Å². The van der Waals surface area contributed by atoms with Crippen molar-refractivity contribution in [2.75, 3.05) is 0 Å². The minimum Gasteiger partial charge on any atom is -0.358 e. The van der Waals surface area contributed by atoms with Crippen molar-refractivity contribution in [3.8, 4) is 101 Å². The molecule has 0 atom stereocenters. The first-order valence-corrected chi connectivity index (χ1v) is 42.5. The molecule has 0 fully saturated rings. The summed E-state index contributed by atoms with van der Waals surface area (Å²) in [5.74, 6) is 0. The largest absolute Gasteiger partial charge is 0.358 e. The van der Waals surface area contributed by atoms with Gasteiger partial charge in [-0.3, -0.25) is 17.9 Å². The highest BCUT2D eigenvalue weighted by molar-refractivity contribution is 14.1. The van der Waals surface area contributed by atoms with Crippen molar-refractivity contribution >= 4 is 122 Å². The summed E-state index contributed by atoms with van der Waals surface area (Å²) in [6.07, 6.45) is 8.44. The van der Waals surface area contributed by atoms with Gasteiger partial charge in [-0.15, -0.1) is 0 Å². The van der Waals surface area contributed by atoms with Gasteiger partial charge in [-0.25, -0.2) is 15.0 Å². The highest BCUT2D eigenvalue weighted by Gasteiger charge is 2.23. The Labute approximate surface area is 731 Å². The Kier molecular flexibility index (Phi) is 22.2. The third-order valence-electron chi connectivity index (χ3n) is 22.3. The van der Waals surface area contributed by atoms with E-state index in [1.807, 2.05) is 54.6 Å². The molecule has 8 nitrogen and oxygen atoms in total. The topological polar surface area (TPSA) is 61.8 Å². The van der Waals surface area contributed by atoms with E-state index in [1.165, 1.54) is 101 Å². The second-order valence-electron chi connectivity index (χ2n) is 29.4. The summed E-state index contributed by atoms with van der Waals surface area (Å²) in [5.41, 5.74) is 34.7. The van der Waals surface area contributed by atoms with Crippen LogP contribution in [0.4, 0.5) is 4.70 Å². The highest BCUT2D eigenvalue weighted by atomic mass is 127. The summed E-state index contributed by atoms with van der Waals surface area (Å²) >= 11 is 8.29. The Balaban J connectivity index is 0.000000108. The fourth-order valence-electron chi connectivity index (χ4n) is 17.0. The second kappa shape index (κ2) is 34.3. The summed E-state index contributed by atoms with van der Waals surface area (Å²) in [5, 5.41) is 5.11. The molecule has 0 N–H and O–H groups in total. The molecule has 578 valence electrons. The van der Waals surface area contributed by atoms with Crippen LogP contribution < -0.4 is 0 Å². The molecular weight excluding hydrogens is 1760 g/mol. The van der Waals surface area contributed by atoms with Crippen molar-refractivity contribution in [3.63, 3.8) is 0 Å². The van der Waals surface area contributed by atoms with E-state index in [9.17, 15) is 0 Å². The zero-order valence-electron chi connectivity index (χ0n) is 65.4. The summed E-state index contributed by atoms with van der Waals surface area (Å²) < 4.78 is 14.8. The molecule has 120 heavy (non-hydrogen) atoms. The number of hydrogen-bond donors (Lipinski definition) is 0. The van der Waals surface area contributed by atoms with Crippen LogP contribution in [0.2, 0.25) is 0 Å². The molecule has 0 spiro atoms. The summed E-state index contributed by atoms with van der Waals surface area (Å²) in [7, 11) is 0. The van der Waals surface area contributed by atoms with Crippen molar-refractivity contribution < 1.29 is 4.70 Å². The fraction of sp³-hybridized carbons (Fsp3) is 0.0185. The predicted molar refractivity (Wildman–Crippen MR) is 518 cm³/mol. The van der Waals surface area contributed by atoms with Crippen LogP contribution in [-0.4, -0.2) is 37.3 Å². The number of nitrogens with zero attached hydrogens (tertiary/aromatic N) is 8. The Morgan fingerprint density at radius 2 is 0.525 bits per heavy atom. The molecular formula is C108H77BrFI2N8-. The molecule has 8 aromatic heterocycles. The summed E-state index contributed by atoms with van der Waals surface area (Å²) in [6.45, 7) is 0. The monoisotopic (exact) mass is 1840 g/mol. The number of fused-ring (bicyclic) bond motifs is 15. The summed E-state index contributed by atoms with van der Waals surface area (Å²) in [4.78, 5) is 14.9. The highest BCUT2D eigenvalue weighted by Crippen LogP contribution is 2.42. The van der Waals surface area contributed by atoms with E-state index in [0.29, 0.717) is 0 Å². The Bertz CT molecular complexity index is 7170. The molecule has 0 saturated heterocycles. The molecule has 22 aromatic rings. The van der Waals surface area contributed by atoms with Gasteiger partial charge in [0.1, 0.15) is 16.9 Å². The average molecular weight is 1840 g/mol. The van der Waals surface area contributed by atoms with Gasteiger partial charge in [0.2, 0.25) is 0 Å². The normalized spacial score (nSPS) is 11.4. The number of aromatic nitrogens is 8. The maximum Gasteiger partial charge on any atom is 0.137 e. The van der Waals surface area contributed by atoms with Crippen LogP contribution >= 0.6 is 61.1 Å². The average Bonchev–Trinajstić information content (AvgIpc) is 1.59. The van der Waals surface area contributed by atoms with Crippen molar-refractivity contribution in [1.29, 1.82) is 0 Å². The van der Waals surface area contributed by atoms with Crippen LogP contribution in [0.25, 0.3) is 162 Å².